The molecule has 0 saturated carbocycles. The van der Waals surface area contributed by atoms with Crippen molar-refractivity contribution in [2.45, 2.75) is 31.7 Å². The summed E-state index contributed by atoms with van der Waals surface area (Å²) < 4.78 is 2.98. The van der Waals surface area contributed by atoms with E-state index in [4.69, 9.17) is 0 Å². The smallest absolute Gasteiger partial charge is 0.270 e. The molecule has 1 fully saturated rings. The molecule has 4 heterocycles. The molecule has 158 valence electrons. The highest BCUT2D eigenvalue weighted by molar-refractivity contribution is 7.17. The number of benzene rings is 1. The third kappa shape index (κ3) is 4.24. The minimum Gasteiger partial charge on any atom is -0.344 e. The fourth-order valence-electron chi connectivity index (χ4n) is 4.18. The summed E-state index contributed by atoms with van der Waals surface area (Å²) in [4.78, 5) is 17.7. The lowest BCUT2D eigenvalue weighted by molar-refractivity contribution is 0.0886. The van der Waals surface area contributed by atoms with Crippen molar-refractivity contribution in [3.05, 3.63) is 77.1 Å². The Hall–Kier alpha value is -3.03. The molecule has 5 rings (SSSR count). The molecule has 1 saturated heterocycles. The number of hydrogen-bond acceptors (Lipinski definition) is 5. The van der Waals surface area contributed by atoms with Crippen LogP contribution in [0.4, 0.5) is 0 Å². The van der Waals surface area contributed by atoms with Crippen molar-refractivity contribution in [2.75, 3.05) is 13.1 Å². The first-order valence-electron chi connectivity index (χ1n) is 10.6. The molecular formula is C24H25N5OS. The molecule has 0 radical (unpaired) electrons. The van der Waals surface area contributed by atoms with E-state index in [2.05, 4.69) is 51.9 Å². The van der Waals surface area contributed by atoms with E-state index in [1.54, 1.807) is 17.5 Å². The van der Waals surface area contributed by atoms with Crippen molar-refractivity contribution in [1.29, 1.82) is 0 Å². The predicted octanol–water partition coefficient (Wildman–Crippen LogP) is 3.94. The highest BCUT2D eigenvalue weighted by Gasteiger charge is 2.29. The van der Waals surface area contributed by atoms with Crippen LogP contribution < -0.4 is 10.6 Å². The van der Waals surface area contributed by atoms with Gasteiger partial charge in [-0.15, -0.1) is 11.3 Å². The number of amides is 1. The molecule has 1 aromatic carbocycles. The van der Waals surface area contributed by atoms with Crippen LogP contribution in [0.25, 0.3) is 15.9 Å². The molecule has 7 heteroatoms. The van der Waals surface area contributed by atoms with E-state index in [9.17, 15) is 4.79 Å². The Morgan fingerprint density at radius 3 is 2.90 bits per heavy atom. The van der Waals surface area contributed by atoms with Crippen LogP contribution in [0.3, 0.4) is 0 Å². The maximum Gasteiger partial charge on any atom is 0.270 e. The van der Waals surface area contributed by atoms with Crippen LogP contribution in [0.15, 0.2) is 60.2 Å². The molecule has 1 aliphatic heterocycles. The zero-order valence-electron chi connectivity index (χ0n) is 17.5. The summed E-state index contributed by atoms with van der Waals surface area (Å²) in [6, 6.07) is 14.2. The van der Waals surface area contributed by atoms with Crippen molar-refractivity contribution in [2.24, 2.45) is 0 Å². The number of carbonyl (C=O) groups is 1. The molecule has 1 atom stereocenters. The molecular weight excluding hydrogens is 406 g/mol. The van der Waals surface area contributed by atoms with E-state index in [-0.39, 0.29) is 11.4 Å². The van der Waals surface area contributed by atoms with Gasteiger partial charge in [-0.05, 0) is 79.6 Å². The standard InChI is InChI=1S/C24H25N5OS/c1-24(9-2-10-25-16-24)28-23(30)21-15-18(22-20(27-21)8-13-31-22)14-17-4-6-19(7-5-17)29-12-3-11-26-29/h3-8,11-13,15,25H,2,9-10,14,16H2,1H3,(H,28,30). The average molecular weight is 432 g/mol. The Morgan fingerprint density at radius 2 is 2.16 bits per heavy atom. The Bertz CT molecular complexity index is 1190. The Morgan fingerprint density at radius 1 is 1.29 bits per heavy atom. The summed E-state index contributed by atoms with van der Waals surface area (Å²) in [5, 5.41) is 12.9. The number of fused-ring (bicyclic) bond motifs is 1. The number of thiophene rings is 1. The third-order valence-corrected chi connectivity index (χ3v) is 6.81. The maximum atomic E-state index is 13.1. The number of hydrogen-bond donors (Lipinski definition) is 2. The number of pyridine rings is 1. The minimum atomic E-state index is -0.233. The number of carbonyl (C=O) groups excluding carboxylic acids is 1. The molecule has 1 aliphatic rings. The van der Waals surface area contributed by atoms with Crippen molar-refractivity contribution in [1.82, 2.24) is 25.4 Å². The summed E-state index contributed by atoms with van der Waals surface area (Å²) in [7, 11) is 0. The van der Waals surface area contributed by atoms with Crippen LogP contribution >= 0.6 is 11.3 Å². The summed E-state index contributed by atoms with van der Waals surface area (Å²) in [5.74, 6) is -0.102. The fraction of sp³-hybridized carbons (Fsp3) is 0.292. The van der Waals surface area contributed by atoms with Gasteiger partial charge in [-0.25, -0.2) is 9.67 Å². The second-order valence-corrected chi connectivity index (χ2v) is 9.31. The second kappa shape index (κ2) is 8.24. The quantitative estimate of drug-likeness (QED) is 0.502. The monoisotopic (exact) mass is 431 g/mol. The Labute approximate surface area is 185 Å². The van der Waals surface area contributed by atoms with Crippen LogP contribution in [-0.2, 0) is 6.42 Å². The highest BCUT2D eigenvalue weighted by atomic mass is 32.1. The zero-order chi connectivity index (χ0) is 21.3. The van der Waals surface area contributed by atoms with Gasteiger partial charge in [0.25, 0.3) is 5.91 Å². The van der Waals surface area contributed by atoms with Crippen molar-refractivity contribution in [3.63, 3.8) is 0 Å². The van der Waals surface area contributed by atoms with E-state index in [0.29, 0.717) is 5.69 Å². The third-order valence-electron chi connectivity index (χ3n) is 5.83. The van der Waals surface area contributed by atoms with Gasteiger partial charge in [0.2, 0.25) is 0 Å². The van der Waals surface area contributed by atoms with Crippen LogP contribution in [0, 0.1) is 0 Å². The van der Waals surface area contributed by atoms with E-state index < -0.39 is 0 Å². The Balaban J connectivity index is 1.41. The van der Waals surface area contributed by atoms with Gasteiger partial charge in [0.05, 0.1) is 21.4 Å². The first-order valence-corrected chi connectivity index (χ1v) is 11.5. The molecule has 1 unspecified atom stereocenters. The van der Waals surface area contributed by atoms with Crippen LogP contribution in [0.1, 0.15) is 41.4 Å². The predicted molar refractivity (Wildman–Crippen MR) is 124 cm³/mol. The van der Waals surface area contributed by atoms with Crippen LogP contribution in [-0.4, -0.2) is 39.3 Å². The lowest BCUT2D eigenvalue weighted by Gasteiger charge is -2.34. The van der Waals surface area contributed by atoms with Gasteiger partial charge in [0, 0.05) is 18.9 Å². The first-order chi connectivity index (χ1) is 15.1. The van der Waals surface area contributed by atoms with E-state index in [0.717, 1.165) is 53.8 Å². The molecule has 6 nitrogen and oxygen atoms in total. The lowest BCUT2D eigenvalue weighted by Crippen LogP contribution is -2.55. The largest absolute Gasteiger partial charge is 0.344 e. The highest BCUT2D eigenvalue weighted by Crippen LogP contribution is 2.27. The topological polar surface area (TPSA) is 71.8 Å². The fourth-order valence-corrected chi connectivity index (χ4v) is 5.03. The van der Waals surface area contributed by atoms with Gasteiger partial charge >= 0.3 is 0 Å². The number of nitrogens with zero attached hydrogens (tertiary/aromatic N) is 3. The number of aromatic nitrogens is 3. The number of rotatable bonds is 5. The summed E-state index contributed by atoms with van der Waals surface area (Å²) in [5.41, 5.74) is 4.48. The summed E-state index contributed by atoms with van der Waals surface area (Å²) in [6.07, 6.45) is 6.49. The normalized spacial score (nSPS) is 18.9. The molecule has 3 aromatic heterocycles. The van der Waals surface area contributed by atoms with Gasteiger partial charge in [-0.3, -0.25) is 4.79 Å². The van der Waals surface area contributed by atoms with Crippen LogP contribution in [0.5, 0.6) is 0 Å². The van der Waals surface area contributed by atoms with Gasteiger partial charge < -0.3 is 10.6 Å². The van der Waals surface area contributed by atoms with E-state index >= 15 is 0 Å². The maximum absolute atomic E-state index is 13.1. The van der Waals surface area contributed by atoms with E-state index in [1.165, 1.54) is 5.56 Å². The summed E-state index contributed by atoms with van der Waals surface area (Å²) in [6.45, 7) is 3.89. The van der Waals surface area contributed by atoms with Crippen molar-refractivity contribution >= 4 is 27.5 Å². The molecule has 4 aromatic rings. The van der Waals surface area contributed by atoms with Crippen molar-refractivity contribution < 1.29 is 4.79 Å². The first kappa shape index (κ1) is 19.9. The van der Waals surface area contributed by atoms with Crippen molar-refractivity contribution in [3.8, 4) is 5.69 Å². The minimum absolute atomic E-state index is 0.102. The van der Waals surface area contributed by atoms with Gasteiger partial charge in [-0.1, -0.05) is 12.1 Å². The lowest BCUT2D eigenvalue weighted by atomic mass is 9.92. The molecule has 0 spiro atoms. The average Bonchev–Trinajstić information content (AvgIpc) is 3.47. The number of nitrogens with one attached hydrogen (secondary N) is 2. The van der Waals surface area contributed by atoms with Crippen LogP contribution in [0.2, 0.25) is 0 Å². The molecule has 0 aliphatic carbocycles. The van der Waals surface area contributed by atoms with Gasteiger partial charge in [0.1, 0.15) is 5.69 Å². The molecule has 0 bridgehead atoms. The second-order valence-electron chi connectivity index (χ2n) is 8.39. The number of piperidine rings is 1. The SMILES string of the molecule is CC1(NC(=O)c2cc(Cc3ccc(-n4cccn4)cc3)c3sccc3n2)CCCNC1. The molecule has 31 heavy (non-hydrogen) atoms. The van der Waals surface area contributed by atoms with Gasteiger partial charge in [0.15, 0.2) is 0 Å². The molecule has 2 N–H and O–H groups in total. The van der Waals surface area contributed by atoms with Gasteiger partial charge in [-0.2, -0.15) is 5.10 Å². The summed E-state index contributed by atoms with van der Waals surface area (Å²) >= 11 is 1.67. The zero-order valence-corrected chi connectivity index (χ0v) is 18.3. The Kier molecular flexibility index (Phi) is 5.29. The van der Waals surface area contributed by atoms with E-state index in [1.807, 2.05) is 34.5 Å². The molecule has 1 amide bonds.